The molecule has 0 fully saturated rings. The fraction of sp³-hybridized carbons (Fsp3) is 0. The molecule has 0 saturated carbocycles. The number of para-hydroxylation sites is 1. The Morgan fingerprint density at radius 3 is 1.80 bits per heavy atom. The summed E-state index contributed by atoms with van der Waals surface area (Å²) in [6.45, 7) is 0. The molecule has 2 aromatic heterocycles. The summed E-state index contributed by atoms with van der Waals surface area (Å²) >= 11 is 0. The smallest absolute Gasteiger partial charge is 0.165 e. The monoisotopic (exact) mass is 648 g/mol. The van der Waals surface area contributed by atoms with Gasteiger partial charge in [-0.1, -0.05) is 121 Å². The van der Waals surface area contributed by atoms with E-state index >= 15 is 0 Å². The molecule has 0 aliphatic heterocycles. The van der Waals surface area contributed by atoms with Gasteiger partial charge >= 0.3 is 0 Å². The first-order valence-electron chi connectivity index (χ1n) is 17.1. The van der Waals surface area contributed by atoms with Gasteiger partial charge in [-0.15, -0.1) is 0 Å². The fourth-order valence-corrected chi connectivity index (χ4v) is 7.48. The second-order valence-electron chi connectivity index (χ2n) is 13.0. The van der Waals surface area contributed by atoms with Crippen molar-refractivity contribution in [2.45, 2.75) is 0 Å². The van der Waals surface area contributed by atoms with Gasteiger partial charge in [-0.05, 0) is 92.3 Å². The summed E-state index contributed by atoms with van der Waals surface area (Å²) in [6.07, 6.45) is 0. The summed E-state index contributed by atoms with van der Waals surface area (Å²) in [5.41, 5.74) is 10.4. The van der Waals surface area contributed by atoms with E-state index in [1.165, 1.54) is 32.3 Å². The molecule has 4 nitrogen and oxygen atoms in total. The van der Waals surface area contributed by atoms with E-state index < -0.39 is 0 Å². The zero-order valence-corrected chi connectivity index (χ0v) is 27.5. The summed E-state index contributed by atoms with van der Waals surface area (Å²) in [4.78, 5) is 11.0. The normalized spacial score (nSPS) is 11.5. The molecule has 0 saturated heterocycles. The number of nitrogens with zero attached hydrogens (tertiary/aromatic N) is 4. The van der Waals surface area contributed by atoms with Crippen LogP contribution in [-0.2, 0) is 0 Å². The molecular weight excluding hydrogens is 621 g/mol. The van der Waals surface area contributed by atoms with Gasteiger partial charge < -0.3 is 0 Å². The van der Waals surface area contributed by atoms with E-state index in [-0.39, 0.29) is 0 Å². The van der Waals surface area contributed by atoms with Crippen LogP contribution in [0.4, 0.5) is 0 Å². The van der Waals surface area contributed by atoms with Gasteiger partial charge in [0.05, 0.1) is 33.7 Å². The number of hydrogen-bond acceptors (Lipinski definition) is 3. The van der Waals surface area contributed by atoms with Crippen molar-refractivity contribution >= 4 is 54.4 Å². The highest BCUT2D eigenvalue weighted by atomic mass is 15.1. The third-order valence-electron chi connectivity index (χ3n) is 9.97. The highest BCUT2D eigenvalue weighted by Crippen LogP contribution is 2.40. The van der Waals surface area contributed by atoms with Crippen LogP contribution in [0.25, 0.3) is 93.7 Å². The molecule has 0 spiro atoms. The van der Waals surface area contributed by atoms with E-state index in [2.05, 4.69) is 150 Å². The highest BCUT2D eigenvalue weighted by Gasteiger charge is 2.21. The minimum absolute atomic E-state index is 0.626. The van der Waals surface area contributed by atoms with Crippen LogP contribution in [0.1, 0.15) is 5.56 Å². The number of fused-ring (bicyclic) bond motifs is 6. The zero-order valence-electron chi connectivity index (χ0n) is 27.5. The lowest BCUT2D eigenvalue weighted by molar-refractivity contribution is 1.08. The van der Waals surface area contributed by atoms with E-state index in [4.69, 9.17) is 9.97 Å². The number of rotatable bonds is 4. The van der Waals surface area contributed by atoms with Gasteiger partial charge in [0.1, 0.15) is 5.69 Å². The van der Waals surface area contributed by atoms with Crippen molar-refractivity contribution in [2.75, 3.05) is 0 Å². The molecule has 4 heteroatoms. The molecule has 2 heterocycles. The highest BCUT2D eigenvalue weighted by molar-refractivity contribution is 6.14. The van der Waals surface area contributed by atoms with Crippen LogP contribution in [0, 0.1) is 11.3 Å². The molecule has 0 amide bonds. The Morgan fingerprint density at radius 2 is 1.04 bits per heavy atom. The van der Waals surface area contributed by atoms with Gasteiger partial charge in [-0.2, -0.15) is 5.26 Å². The minimum Gasteiger partial charge on any atom is -0.292 e. The van der Waals surface area contributed by atoms with Crippen LogP contribution in [0.5, 0.6) is 0 Å². The Hall–Kier alpha value is -7.09. The van der Waals surface area contributed by atoms with Gasteiger partial charge in [0.15, 0.2) is 5.82 Å². The lowest BCUT2D eigenvalue weighted by Gasteiger charge is -2.17. The molecule has 10 rings (SSSR count). The molecule has 0 unspecified atom stereocenters. The predicted octanol–water partition coefficient (Wildman–Crippen LogP) is 11.9. The third kappa shape index (κ3) is 4.75. The number of hydrogen-bond donors (Lipinski definition) is 0. The summed E-state index contributed by atoms with van der Waals surface area (Å²) in [7, 11) is 0. The van der Waals surface area contributed by atoms with E-state index in [1.54, 1.807) is 0 Å². The van der Waals surface area contributed by atoms with Crippen LogP contribution >= 0.6 is 0 Å². The maximum atomic E-state index is 9.53. The number of benzene rings is 8. The summed E-state index contributed by atoms with van der Waals surface area (Å²) in [6, 6.07) is 61.4. The van der Waals surface area contributed by atoms with Gasteiger partial charge in [-0.25, -0.2) is 9.97 Å². The minimum atomic E-state index is 0.626. The van der Waals surface area contributed by atoms with Crippen molar-refractivity contribution in [1.82, 2.24) is 14.5 Å². The summed E-state index contributed by atoms with van der Waals surface area (Å²) < 4.78 is 2.29. The zero-order chi connectivity index (χ0) is 33.9. The fourth-order valence-electron chi connectivity index (χ4n) is 7.48. The Bertz CT molecular complexity index is 3020. The second kappa shape index (κ2) is 11.5. The topological polar surface area (TPSA) is 54.5 Å². The van der Waals surface area contributed by atoms with Gasteiger partial charge in [0.2, 0.25) is 0 Å². The first kappa shape index (κ1) is 28.9. The van der Waals surface area contributed by atoms with Crippen molar-refractivity contribution in [1.29, 1.82) is 5.26 Å². The second-order valence-corrected chi connectivity index (χ2v) is 13.0. The van der Waals surface area contributed by atoms with E-state index in [1.807, 2.05) is 30.3 Å². The van der Waals surface area contributed by atoms with E-state index in [0.717, 1.165) is 61.4 Å². The molecule has 0 radical (unpaired) electrons. The van der Waals surface area contributed by atoms with Gasteiger partial charge in [0, 0.05) is 16.3 Å². The Kier molecular flexibility index (Phi) is 6.52. The summed E-state index contributed by atoms with van der Waals surface area (Å²) in [5, 5.41) is 16.6. The number of aromatic nitrogens is 3. The quantitative estimate of drug-likeness (QED) is 0.191. The van der Waals surface area contributed by atoms with Crippen LogP contribution in [-0.4, -0.2) is 14.5 Å². The largest absolute Gasteiger partial charge is 0.292 e. The molecule has 8 aromatic carbocycles. The molecule has 0 N–H and O–H groups in total. The molecule has 0 aliphatic carbocycles. The van der Waals surface area contributed by atoms with E-state index in [0.29, 0.717) is 5.56 Å². The third-order valence-corrected chi connectivity index (χ3v) is 9.97. The summed E-state index contributed by atoms with van der Waals surface area (Å²) in [5.74, 6) is 0.783. The SMILES string of the molecule is N#Cc1ccc(-c2cc3nc(-c4ccccc4)c(-n4c5ccccc5c5cc6ccccc6cc54)nc3cc2-c2ccc3ccccc3c2)cc1. The molecule has 10 aromatic rings. The van der Waals surface area contributed by atoms with Gasteiger partial charge in [0.25, 0.3) is 0 Å². The molecule has 0 atom stereocenters. The molecule has 51 heavy (non-hydrogen) atoms. The molecule has 0 bridgehead atoms. The van der Waals surface area contributed by atoms with Crippen molar-refractivity contribution in [2.24, 2.45) is 0 Å². The standard InChI is InChI=1S/C47H28N4/c48-29-30-18-20-32(21-19-30)39-27-42-43(28-40(39)37-23-22-31-10-4-5-13-34(31)24-37)50-47(46(49-42)33-11-2-1-3-12-33)51-44-17-9-8-16-38(44)41-25-35-14-6-7-15-36(35)26-45(41)51/h1-28H. The first-order valence-corrected chi connectivity index (χ1v) is 17.1. The van der Waals surface area contributed by atoms with E-state index in [9.17, 15) is 5.26 Å². The average Bonchev–Trinajstić information content (AvgIpc) is 3.52. The number of nitriles is 1. The van der Waals surface area contributed by atoms with Crippen molar-refractivity contribution in [3.8, 4) is 45.4 Å². The lowest BCUT2D eigenvalue weighted by atomic mass is 9.92. The van der Waals surface area contributed by atoms with Crippen molar-refractivity contribution in [3.63, 3.8) is 0 Å². The Balaban J connectivity index is 1.31. The average molecular weight is 649 g/mol. The Morgan fingerprint density at radius 1 is 0.431 bits per heavy atom. The van der Waals surface area contributed by atoms with Crippen molar-refractivity contribution < 1.29 is 0 Å². The van der Waals surface area contributed by atoms with Crippen LogP contribution in [0.3, 0.4) is 0 Å². The molecular formula is C47H28N4. The maximum absolute atomic E-state index is 9.53. The molecule has 0 aliphatic rings. The molecule has 236 valence electrons. The maximum Gasteiger partial charge on any atom is 0.165 e. The van der Waals surface area contributed by atoms with Crippen LogP contribution < -0.4 is 0 Å². The van der Waals surface area contributed by atoms with Crippen molar-refractivity contribution in [3.05, 3.63) is 175 Å². The van der Waals surface area contributed by atoms with Gasteiger partial charge in [-0.3, -0.25) is 4.57 Å². The predicted molar refractivity (Wildman–Crippen MR) is 210 cm³/mol. The Labute approximate surface area is 294 Å². The first-order chi connectivity index (χ1) is 25.2. The van der Waals surface area contributed by atoms with Crippen LogP contribution in [0.15, 0.2) is 170 Å². The lowest BCUT2D eigenvalue weighted by Crippen LogP contribution is -2.04. The van der Waals surface area contributed by atoms with Crippen LogP contribution in [0.2, 0.25) is 0 Å².